The number of benzene rings is 2. The van der Waals surface area contributed by atoms with Crippen molar-refractivity contribution >= 4 is 29.3 Å². The van der Waals surface area contributed by atoms with Crippen LogP contribution in [-0.2, 0) is 23.0 Å². The number of likely N-dealkylation sites (N-methyl/N-ethyl adjacent to an activating group) is 1. The number of nitrogens with zero attached hydrogens (tertiary/aromatic N) is 4. The highest BCUT2D eigenvalue weighted by Gasteiger charge is 2.16. The zero-order valence-electron chi connectivity index (χ0n) is 30.8. The van der Waals surface area contributed by atoms with Gasteiger partial charge in [-0.1, -0.05) is 85.4 Å². The number of carbonyl (C=O) groups is 1. The minimum Gasteiger partial charge on any atom is -0.388 e. The standard InChI is InChI=1S/C18H20N4.C13H16.C2H6O.3C2H6.CH2O/c1-20-10-6-14(7-11-20)17-13-21(2)18-5-4-15(12-16(17)18)22-9-3-8-19-22;1-3-11-7-8-12-6-4-5-10(2)13(12)9-11;1-3-2;4*1-2/h3-6,8-9,12-13H,7,10-11H2,1-2H3;3,7-10H,1,4-6H2,2H3;1-2H3;3*1-2H3;1H2. The fourth-order valence-corrected chi connectivity index (χ4v) is 5.40. The first kappa shape index (κ1) is 42.3. The third-order valence-electron chi connectivity index (χ3n) is 7.52. The van der Waals surface area contributed by atoms with Crippen LogP contribution in [0.5, 0.6) is 0 Å². The Morgan fingerprint density at radius 2 is 1.63 bits per heavy atom. The summed E-state index contributed by atoms with van der Waals surface area (Å²) < 4.78 is 8.38. The van der Waals surface area contributed by atoms with E-state index in [-0.39, 0.29) is 0 Å². The molecule has 6 nitrogen and oxygen atoms in total. The second kappa shape index (κ2) is 24.5. The van der Waals surface area contributed by atoms with Crippen LogP contribution >= 0.6 is 0 Å². The number of hydrogen-bond donors (Lipinski definition) is 0. The SMILES string of the molecule is C=Cc1ccc2c(c1)C(C)CCC2.C=O.CC.CC.CC.CN1CC=C(c2cn(C)c3ccc(-n4cccn4)cc23)CC1.COC. The van der Waals surface area contributed by atoms with Crippen LogP contribution in [0.25, 0.3) is 28.2 Å². The molecule has 2 aliphatic rings. The predicted octanol–water partition coefficient (Wildman–Crippen LogP) is 10.0. The smallest absolute Gasteiger partial charge is 0.106 e. The maximum absolute atomic E-state index is 8.00. The maximum Gasteiger partial charge on any atom is 0.106 e. The molecule has 2 aromatic carbocycles. The molecule has 1 unspecified atom stereocenters. The molecule has 1 aliphatic carbocycles. The molecule has 3 heterocycles. The van der Waals surface area contributed by atoms with E-state index in [1.165, 1.54) is 46.9 Å². The van der Waals surface area contributed by atoms with Gasteiger partial charge >= 0.3 is 0 Å². The average molecular weight is 631 g/mol. The molecule has 254 valence electrons. The Hall–Kier alpha value is -3.74. The van der Waals surface area contributed by atoms with E-state index in [2.05, 4.69) is 95.6 Å². The zero-order chi connectivity index (χ0) is 35.1. The van der Waals surface area contributed by atoms with Gasteiger partial charge in [0.05, 0.1) is 5.69 Å². The van der Waals surface area contributed by atoms with Crippen molar-refractivity contribution in [1.29, 1.82) is 0 Å². The third kappa shape index (κ3) is 12.2. The maximum atomic E-state index is 8.00. The summed E-state index contributed by atoms with van der Waals surface area (Å²) in [4.78, 5) is 10.4. The van der Waals surface area contributed by atoms with Crippen LogP contribution in [-0.4, -0.2) is 60.4 Å². The van der Waals surface area contributed by atoms with E-state index in [4.69, 9.17) is 4.79 Å². The van der Waals surface area contributed by atoms with Crippen LogP contribution in [0.3, 0.4) is 0 Å². The summed E-state index contributed by atoms with van der Waals surface area (Å²) in [6.07, 6.45) is 15.4. The van der Waals surface area contributed by atoms with Crippen molar-refractivity contribution in [3.63, 3.8) is 0 Å². The molecule has 6 rings (SSSR count). The van der Waals surface area contributed by atoms with E-state index >= 15 is 0 Å². The van der Waals surface area contributed by atoms with Gasteiger partial charge in [-0.15, -0.1) is 0 Å². The minimum atomic E-state index is 0.739. The molecule has 0 N–H and O–H groups in total. The van der Waals surface area contributed by atoms with Crippen molar-refractivity contribution in [3.8, 4) is 5.69 Å². The summed E-state index contributed by atoms with van der Waals surface area (Å²) >= 11 is 0. The number of fused-ring (bicyclic) bond motifs is 2. The van der Waals surface area contributed by atoms with Crippen molar-refractivity contribution in [2.24, 2.45) is 7.05 Å². The molecule has 6 heteroatoms. The Morgan fingerprint density at radius 3 is 2.20 bits per heavy atom. The first-order valence-corrected chi connectivity index (χ1v) is 16.9. The molecular formula is C40H62N4O2. The van der Waals surface area contributed by atoms with Crippen molar-refractivity contribution in [2.75, 3.05) is 34.4 Å². The Morgan fingerprint density at radius 1 is 0.957 bits per heavy atom. The van der Waals surface area contributed by atoms with E-state index < -0.39 is 0 Å². The van der Waals surface area contributed by atoms with Gasteiger partial charge in [0, 0.05) is 69.4 Å². The summed E-state index contributed by atoms with van der Waals surface area (Å²) in [5.41, 5.74) is 9.55. The quantitative estimate of drug-likeness (QED) is 0.226. The van der Waals surface area contributed by atoms with Crippen LogP contribution in [0.1, 0.15) is 95.9 Å². The third-order valence-corrected chi connectivity index (χ3v) is 7.52. The van der Waals surface area contributed by atoms with Crippen LogP contribution in [0.4, 0.5) is 0 Å². The first-order valence-electron chi connectivity index (χ1n) is 16.9. The lowest BCUT2D eigenvalue weighted by Gasteiger charge is -2.22. The summed E-state index contributed by atoms with van der Waals surface area (Å²) in [6.45, 7) is 22.3. The monoisotopic (exact) mass is 630 g/mol. The number of carbonyl (C=O) groups excluding carboxylic acids is 1. The van der Waals surface area contributed by atoms with Crippen molar-refractivity contribution in [1.82, 2.24) is 19.2 Å². The highest BCUT2D eigenvalue weighted by Crippen LogP contribution is 2.33. The minimum absolute atomic E-state index is 0.739. The van der Waals surface area contributed by atoms with Crippen LogP contribution < -0.4 is 0 Å². The topological polar surface area (TPSA) is 52.3 Å². The molecular weight excluding hydrogens is 568 g/mol. The van der Waals surface area contributed by atoms with Gasteiger partial charge in [0.2, 0.25) is 0 Å². The lowest BCUT2D eigenvalue weighted by Crippen LogP contribution is -2.23. The zero-order valence-corrected chi connectivity index (χ0v) is 30.8. The number of aromatic nitrogens is 3. The molecule has 0 bridgehead atoms. The molecule has 1 aliphatic heterocycles. The van der Waals surface area contributed by atoms with Crippen LogP contribution in [0.2, 0.25) is 0 Å². The van der Waals surface area contributed by atoms with Gasteiger partial charge in [0.15, 0.2) is 0 Å². The van der Waals surface area contributed by atoms with Gasteiger partial charge < -0.3 is 19.0 Å². The lowest BCUT2D eigenvalue weighted by molar-refractivity contribution is -0.0980. The molecule has 0 amide bonds. The summed E-state index contributed by atoms with van der Waals surface area (Å²) in [7, 11) is 7.54. The van der Waals surface area contributed by atoms with Crippen molar-refractivity contribution in [2.45, 2.75) is 80.1 Å². The normalized spacial score (nSPS) is 14.5. The number of rotatable bonds is 3. The van der Waals surface area contributed by atoms with Crippen LogP contribution in [0.15, 0.2) is 73.7 Å². The molecule has 1 atom stereocenters. The lowest BCUT2D eigenvalue weighted by atomic mass is 9.83. The van der Waals surface area contributed by atoms with E-state index in [9.17, 15) is 0 Å². The van der Waals surface area contributed by atoms with Crippen LogP contribution in [0, 0.1) is 0 Å². The molecule has 0 fully saturated rings. The molecule has 0 saturated carbocycles. The molecule has 0 saturated heterocycles. The molecule has 2 aromatic heterocycles. The second-order valence-electron chi connectivity index (χ2n) is 10.4. The first-order chi connectivity index (χ1) is 22.4. The van der Waals surface area contributed by atoms with Gasteiger partial charge in [-0.3, -0.25) is 0 Å². The largest absolute Gasteiger partial charge is 0.388 e. The van der Waals surface area contributed by atoms with Gasteiger partial charge in [-0.05, 0) is 85.2 Å². The number of hydrogen-bond acceptors (Lipinski definition) is 4. The van der Waals surface area contributed by atoms with E-state index in [1.54, 1.807) is 25.3 Å². The van der Waals surface area contributed by atoms with Crippen molar-refractivity contribution in [3.05, 3.63) is 96.0 Å². The summed E-state index contributed by atoms with van der Waals surface area (Å²) in [5, 5.41) is 5.65. The fourth-order valence-electron chi connectivity index (χ4n) is 5.40. The number of methoxy groups -OCH3 is 1. The highest BCUT2D eigenvalue weighted by atomic mass is 16.4. The van der Waals surface area contributed by atoms with Gasteiger partial charge in [-0.25, -0.2) is 4.68 Å². The summed E-state index contributed by atoms with van der Waals surface area (Å²) in [5.74, 6) is 0.739. The average Bonchev–Trinajstić information content (AvgIpc) is 3.78. The van der Waals surface area contributed by atoms with Gasteiger partial charge in [0.1, 0.15) is 6.79 Å². The van der Waals surface area contributed by atoms with Gasteiger partial charge in [-0.2, -0.15) is 5.10 Å². The van der Waals surface area contributed by atoms with E-state index in [1.807, 2.05) is 77.5 Å². The summed E-state index contributed by atoms with van der Waals surface area (Å²) in [6, 6.07) is 15.2. The Bertz CT molecular complexity index is 1400. The van der Waals surface area contributed by atoms with Gasteiger partial charge in [0.25, 0.3) is 0 Å². The number of aryl methyl sites for hydroxylation is 2. The molecule has 0 radical (unpaired) electrons. The Balaban J connectivity index is 0.000000721. The van der Waals surface area contributed by atoms with Crippen molar-refractivity contribution < 1.29 is 9.53 Å². The molecule has 46 heavy (non-hydrogen) atoms. The fraction of sp³-hybridized carbons (Fsp3) is 0.450. The Labute approximate surface area is 280 Å². The number of ether oxygens (including phenoxy) is 1. The van der Waals surface area contributed by atoms with E-state index in [0.717, 1.165) is 31.1 Å². The molecule has 4 aromatic rings. The second-order valence-corrected chi connectivity index (χ2v) is 10.4. The van der Waals surface area contributed by atoms with E-state index in [0.29, 0.717) is 0 Å². The highest BCUT2D eigenvalue weighted by molar-refractivity contribution is 5.94. The molecule has 0 spiro atoms. The predicted molar refractivity (Wildman–Crippen MR) is 202 cm³/mol. The Kier molecular flexibility index (Phi) is 22.5.